The zero-order chi connectivity index (χ0) is 19.8. The molecule has 1 aromatic carbocycles. The number of aryl methyl sites for hydroxylation is 2. The van der Waals surface area contributed by atoms with Crippen molar-refractivity contribution in [2.75, 3.05) is 36.0 Å². The van der Waals surface area contributed by atoms with Gasteiger partial charge in [0, 0.05) is 32.2 Å². The summed E-state index contributed by atoms with van der Waals surface area (Å²) in [5, 5.41) is 4.88. The predicted octanol–water partition coefficient (Wildman–Crippen LogP) is 3.06. The van der Waals surface area contributed by atoms with E-state index >= 15 is 0 Å². The highest BCUT2D eigenvalue weighted by Gasteiger charge is 2.21. The fourth-order valence-electron chi connectivity index (χ4n) is 3.51. The fraction of sp³-hybridized carbons (Fsp3) is 0.421. The average Bonchev–Trinajstić information content (AvgIpc) is 3.07. The van der Waals surface area contributed by atoms with Gasteiger partial charge in [0.25, 0.3) is 12.0 Å². The third kappa shape index (κ3) is 3.71. The van der Waals surface area contributed by atoms with Crippen molar-refractivity contribution >= 4 is 32.4 Å². The summed E-state index contributed by atoms with van der Waals surface area (Å²) >= 11 is 1.70. The minimum atomic E-state index is -2.60. The van der Waals surface area contributed by atoms with Gasteiger partial charge in [-0.05, 0) is 31.0 Å². The highest BCUT2D eigenvalue weighted by atomic mass is 32.1. The molecule has 0 saturated carbocycles. The molecule has 0 amide bonds. The third-order valence-corrected chi connectivity index (χ3v) is 5.96. The number of alkyl halides is 2. The number of hydrogen-bond donors (Lipinski definition) is 0. The van der Waals surface area contributed by atoms with E-state index in [0.29, 0.717) is 18.8 Å². The molecule has 1 aliphatic heterocycles. The van der Waals surface area contributed by atoms with Crippen LogP contribution in [0.2, 0.25) is 0 Å². The van der Waals surface area contributed by atoms with Gasteiger partial charge in [-0.15, -0.1) is 0 Å². The molecule has 4 rings (SSSR count). The topological polar surface area (TPSA) is 54.3 Å². The maximum absolute atomic E-state index is 12.5. The number of rotatable bonds is 4. The van der Waals surface area contributed by atoms with Gasteiger partial charge in [-0.2, -0.15) is 5.10 Å². The Morgan fingerprint density at radius 3 is 2.50 bits per heavy atom. The van der Waals surface area contributed by atoms with Crippen LogP contribution in [0.4, 0.5) is 19.6 Å². The Hall–Kier alpha value is -2.55. The first kappa shape index (κ1) is 18.8. The number of nitrogens with zero attached hydrogens (tertiary/aromatic N) is 5. The van der Waals surface area contributed by atoms with Gasteiger partial charge in [-0.3, -0.25) is 4.79 Å². The molecule has 3 aromatic rings. The average molecular weight is 405 g/mol. The van der Waals surface area contributed by atoms with Crippen LogP contribution in [0.3, 0.4) is 0 Å². The molecule has 3 heterocycles. The molecule has 0 spiro atoms. The first-order valence-corrected chi connectivity index (χ1v) is 9.95. The summed E-state index contributed by atoms with van der Waals surface area (Å²) in [6.45, 7) is 6.48. The number of aromatic nitrogens is 3. The Labute approximate surface area is 165 Å². The van der Waals surface area contributed by atoms with Crippen molar-refractivity contribution in [1.82, 2.24) is 14.8 Å². The van der Waals surface area contributed by atoms with Crippen molar-refractivity contribution in [1.29, 1.82) is 0 Å². The number of anilines is 2. The molecule has 9 heteroatoms. The number of hydrogen-bond acceptors (Lipinski definition) is 6. The van der Waals surface area contributed by atoms with Crippen molar-refractivity contribution < 1.29 is 8.78 Å². The smallest absolute Gasteiger partial charge is 0.269 e. The number of piperazine rings is 1. The zero-order valence-electron chi connectivity index (χ0n) is 15.7. The molecule has 0 unspecified atom stereocenters. The van der Waals surface area contributed by atoms with Gasteiger partial charge in [-0.25, -0.2) is 18.4 Å². The van der Waals surface area contributed by atoms with Crippen LogP contribution in [0.25, 0.3) is 10.2 Å². The zero-order valence-corrected chi connectivity index (χ0v) is 16.5. The molecular weight excluding hydrogens is 384 g/mol. The SMILES string of the molecule is Cc1cc(C)c2nc(N3CCN(c4cnn(CC(F)F)c(=O)c4)CC3)sc2c1. The number of halogens is 2. The quantitative estimate of drug-likeness (QED) is 0.668. The van der Waals surface area contributed by atoms with E-state index in [0.717, 1.165) is 28.4 Å². The number of thiazole rings is 1. The van der Waals surface area contributed by atoms with Gasteiger partial charge in [0.2, 0.25) is 0 Å². The summed E-state index contributed by atoms with van der Waals surface area (Å²) in [5.74, 6) is 0. The van der Waals surface area contributed by atoms with Crippen molar-refractivity contribution in [3.05, 3.63) is 45.9 Å². The number of fused-ring (bicyclic) bond motifs is 1. The Morgan fingerprint density at radius 1 is 1.11 bits per heavy atom. The molecule has 0 radical (unpaired) electrons. The van der Waals surface area contributed by atoms with Crippen molar-refractivity contribution in [3.63, 3.8) is 0 Å². The van der Waals surface area contributed by atoms with E-state index < -0.39 is 18.5 Å². The summed E-state index contributed by atoms with van der Waals surface area (Å²) in [5.41, 5.74) is 3.65. The maximum Gasteiger partial charge on any atom is 0.269 e. The van der Waals surface area contributed by atoms with Crippen LogP contribution in [0.15, 0.2) is 29.2 Å². The molecule has 1 aliphatic rings. The lowest BCUT2D eigenvalue weighted by atomic mass is 10.1. The molecule has 148 valence electrons. The molecule has 1 saturated heterocycles. The van der Waals surface area contributed by atoms with Crippen LogP contribution in [-0.4, -0.2) is 47.4 Å². The molecule has 0 bridgehead atoms. The van der Waals surface area contributed by atoms with Gasteiger partial charge >= 0.3 is 0 Å². The first-order chi connectivity index (χ1) is 13.4. The lowest BCUT2D eigenvalue weighted by Gasteiger charge is -2.35. The van der Waals surface area contributed by atoms with E-state index in [9.17, 15) is 13.6 Å². The van der Waals surface area contributed by atoms with E-state index in [1.165, 1.54) is 28.1 Å². The Kier molecular flexibility index (Phi) is 5.01. The highest BCUT2D eigenvalue weighted by molar-refractivity contribution is 7.22. The monoisotopic (exact) mass is 405 g/mol. The normalized spacial score (nSPS) is 15.0. The molecule has 28 heavy (non-hydrogen) atoms. The summed E-state index contributed by atoms with van der Waals surface area (Å²) in [7, 11) is 0. The molecule has 2 aromatic heterocycles. The van der Waals surface area contributed by atoms with Gasteiger partial charge < -0.3 is 9.80 Å². The molecular formula is C19H21F2N5OS. The largest absolute Gasteiger partial charge is 0.367 e. The Balaban J connectivity index is 1.47. The van der Waals surface area contributed by atoms with Gasteiger partial charge in [0.1, 0.15) is 6.54 Å². The first-order valence-electron chi connectivity index (χ1n) is 9.14. The lowest BCUT2D eigenvalue weighted by molar-refractivity contribution is 0.119. The van der Waals surface area contributed by atoms with Crippen molar-refractivity contribution in [2.24, 2.45) is 0 Å². The second-order valence-electron chi connectivity index (χ2n) is 7.02. The van der Waals surface area contributed by atoms with E-state index in [4.69, 9.17) is 4.98 Å². The number of benzene rings is 1. The third-order valence-electron chi connectivity index (χ3n) is 4.90. The molecule has 6 nitrogen and oxygen atoms in total. The van der Waals surface area contributed by atoms with Crippen molar-refractivity contribution in [3.8, 4) is 0 Å². The second-order valence-corrected chi connectivity index (χ2v) is 8.03. The molecule has 0 atom stereocenters. The summed E-state index contributed by atoms with van der Waals surface area (Å²) in [4.78, 5) is 21.1. The van der Waals surface area contributed by atoms with Crippen LogP contribution >= 0.6 is 11.3 Å². The second kappa shape index (κ2) is 7.46. The summed E-state index contributed by atoms with van der Waals surface area (Å²) < 4.78 is 26.9. The van der Waals surface area contributed by atoms with Crippen LogP contribution < -0.4 is 15.4 Å². The Bertz CT molecular complexity index is 1060. The van der Waals surface area contributed by atoms with E-state index in [1.54, 1.807) is 11.3 Å². The lowest BCUT2D eigenvalue weighted by Crippen LogP contribution is -2.47. The highest BCUT2D eigenvalue weighted by Crippen LogP contribution is 2.32. The van der Waals surface area contributed by atoms with Gasteiger partial charge in [0.15, 0.2) is 5.13 Å². The van der Waals surface area contributed by atoms with Crippen LogP contribution in [0, 0.1) is 13.8 Å². The fourth-order valence-corrected chi connectivity index (χ4v) is 4.71. The summed E-state index contributed by atoms with van der Waals surface area (Å²) in [6.07, 6.45) is -1.11. The standard InChI is InChI=1S/C19H21F2N5OS/c1-12-7-13(2)18-15(8-12)28-19(23-18)25-5-3-24(4-6-25)14-9-17(27)26(22-10-14)11-16(20)21/h7-10,16H,3-6,11H2,1-2H3. The minimum Gasteiger partial charge on any atom is -0.367 e. The molecule has 1 fully saturated rings. The molecule has 0 aliphatic carbocycles. The van der Waals surface area contributed by atoms with Crippen LogP contribution in [-0.2, 0) is 6.54 Å². The molecule has 0 N–H and O–H groups in total. The van der Waals surface area contributed by atoms with Gasteiger partial charge in [-0.1, -0.05) is 17.4 Å². The van der Waals surface area contributed by atoms with E-state index in [-0.39, 0.29) is 0 Å². The van der Waals surface area contributed by atoms with Crippen molar-refractivity contribution in [2.45, 2.75) is 26.8 Å². The summed E-state index contributed by atoms with van der Waals surface area (Å²) in [6, 6.07) is 5.70. The van der Waals surface area contributed by atoms with Crippen LogP contribution in [0.5, 0.6) is 0 Å². The van der Waals surface area contributed by atoms with E-state index in [2.05, 4.69) is 40.9 Å². The van der Waals surface area contributed by atoms with Gasteiger partial charge in [0.05, 0.1) is 22.1 Å². The minimum absolute atomic E-state index is 0.503. The van der Waals surface area contributed by atoms with E-state index in [1.807, 2.05) is 0 Å². The predicted molar refractivity (Wildman–Crippen MR) is 108 cm³/mol. The Morgan fingerprint density at radius 2 is 1.82 bits per heavy atom. The van der Waals surface area contributed by atoms with Crippen LogP contribution in [0.1, 0.15) is 11.1 Å². The maximum atomic E-state index is 12.5.